The van der Waals surface area contributed by atoms with E-state index in [0.29, 0.717) is 15.7 Å². The second-order valence-electron chi connectivity index (χ2n) is 6.33. The Morgan fingerprint density at radius 3 is 2.82 bits per heavy atom. The Bertz CT molecular complexity index is 1060. The van der Waals surface area contributed by atoms with Gasteiger partial charge in [0.25, 0.3) is 0 Å². The first-order valence-electron chi connectivity index (χ1n) is 8.35. The van der Waals surface area contributed by atoms with Crippen LogP contribution in [-0.2, 0) is 21.7 Å². The van der Waals surface area contributed by atoms with Crippen LogP contribution in [0.15, 0.2) is 53.9 Å². The van der Waals surface area contributed by atoms with E-state index < -0.39 is 23.3 Å². The fourth-order valence-electron chi connectivity index (χ4n) is 3.21. The molecule has 0 aliphatic carbocycles. The van der Waals surface area contributed by atoms with E-state index in [1.54, 1.807) is 24.3 Å². The summed E-state index contributed by atoms with van der Waals surface area (Å²) in [6.45, 7) is 1.50. The van der Waals surface area contributed by atoms with Gasteiger partial charge in [0.15, 0.2) is 10.3 Å². The summed E-state index contributed by atoms with van der Waals surface area (Å²) in [4.78, 5) is 15.5. The number of benzene rings is 2. The monoisotopic (exact) mass is 421 g/mol. The van der Waals surface area contributed by atoms with Crippen molar-refractivity contribution in [1.82, 2.24) is 14.8 Å². The number of thioether (sulfide) groups is 1. The van der Waals surface area contributed by atoms with E-state index in [2.05, 4.69) is 10.1 Å². The van der Waals surface area contributed by atoms with E-state index in [1.807, 2.05) is 0 Å². The average molecular weight is 422 g/mol. The summed E-state index contributed by atoms with van der Waals surface area (Å²) in [6.07, 6.45) is 0.757. The van der Waals surface area contributed by atoms with Gasteiger partial charge in [-0.15, -0.1) is 0 Å². The maximum atomic E-state index is 14.7. The maximum absolute atomic E-state index is 14.7. The lowest BCUT2D eigenvalue weighted by Crippen LogP contribution is -2.22. The molecule has 2 atom stereocenters. The van der Waals surface area contributed by atoms with Crippen LogP contribution in [0.2, 0.25) is 5.02 Å². The Balaban J connectivity index is 1.77. The normalized spacial score (nSPS) is 20.9. The number of hydrogen-bond acceptors (Lipinski definition) is 5. The molecule has 28 heavy (non-hydrogen) atoms. The smallest absolute Gasteiger partial charge is 0.193 e. The molecule has 0 bridgehead atoms. The Morgan fingerprint density at radius 1 is 1.32 bits per heavy atom. The Kier molecular flexibility index (Phi) is 4.95. The Hall–Kier alpha value is -2.29. The Labute approximate surface area is 168 Å². The first kappa shape index (κ1) is 19.0. The molecule has 0 radical (unpaired) electrons. The predicted octanol–water partition coefficient (Wildman–Crippen LogP) is 4.52. The minimum absolute atomic E-state index is 0.0844. The van der Waals surface area contributed by atoms with Crippen molar-refractivity contribution in [3.05, 3.63) is 76.6 Å². The molecule has 1 fully saturated rings. The summed E-state index contributed by atoms with van der Waals surface area (Å²) < 4.78 is 35.6. The van der Waals surface area contributed by atoms with E-state index in [4.69, 9.17) is 16.3 Å². The summed E-state index contributed by atoms with van der Waals surface area (Å²) in [5, 5.41) is 4.83. The van der Waals surface area contributed by atoms with Crippen LogP contribution in [0.5, 0.6) is 0 Å². The third-order valence-corrected chi connectivity index (χ3v) is 5.60. The number of aromatic nitrogens is 3. The number of hydrogen-bond donors (Lipinski definition) is 0. The quantitative estimate of drug-likeness (QED) is 0.448. The van der Waals surface area contributed by atoms with Gasteiger partial charge >= 0.3 is 0 Å². The first-order chi connectivity index (χ1) is 13.4. The lowest BCUT2D eigenvalue weighted by Gasteiger charge is -2.16. The molecule has 0 N–H and O–H groups in total. The first-order valence-corrected chi connectivity index (χ1v) is 9.54. The molecule has 1 aromatic heterocycles. The van der Waals surface area contributed by atoms with Gasteiger partial charge in [0, 0.05) is 29.1 Å². The molecule has 3 aromatic rings. The van der Waals surface area contributed by atoms with Crippen LogP contribution in [-0.4, -0.2) is 19.9 Å². The van der Waals surface area contributed by atoms with Gasteiger partial charge in [0.05, 0.1) is 6.54 Å². The lowest BCUT2D eigenvalue weighted by atomic mass is 9.91. The number of carbonyl (C=O) groups excluding carboxylic acids is 1. The number of halogens is 3. The van der Waals surface area contributed by atoms with Crippen molar-refractivity contribution in [3.63, 3.8) is 0 Å². The molecule has 1 aliphatic heterocycles. The van der Waals surface area contributed by atoms with Crippen LogP contribution >= 0.6 is 23.4 Å². The highest BCUT2D eigenvalue weighted by Gasteiger charge is 2.61. The van der Waals surface area contributed by atoms with Crippen LogP contribution in [0.25, 0.3) is 0 Å². The van der Waals surface area contributed by atoms with Crippen molar-refractivity contribution in [1.29, 1.82) is 0 Å². The van der Waals surface area contributed by atoms with Crippen molar-refractivity contribution in [2.24, 2.45) is 0 Å². The highest BCUT2D eigenvalue weighted by Crippen LogP contribution is 2.59. The van der Waals surface area contributed by atoms with Gasteiger partial charge in [-0.1, -0.05) is 35.9 Å². The van der Waals surface area contributed by atoms with Crippen LogP contribution < -0.4 is 0 Å². The zero-order chi connectivity index (χ0) is 19.9. The second-order valence-corrected chi connectivity index (χ2v) is 7.88. The molecular formula is C19H14ClF2N3O2S. The molecule has 0 unspecified atom stereocenters. The van der Waals surface area contributed by atoms with Crippen molar-refractivity contribution in [3.8, 4) is 0 Å². The highest BCUT2D eigenvalue weighted by molar-refractivity contribution is 8.13. The topological polar surface area (TPSA) is 60.3 Å². The average Bonchev–Trinajstić information content (AvgIpc) is 3.18. The molecule has 144 valence electrons. The second kappa shape index (κ2) is 7.27. The standard InChI is InChI=1S/C19H14ClF2N3O2S/c1-11(26)28-18-23-10-24-25(18)9-19(14-7-6-12(21)8-16(14)22)17(27-19)13-4-2-3-5-15(13)20/h2-8,10,17H,9H2,1H3/t17-,19-/m1/s1. The van der Waals surface area contributed by atoms with Gasteiger partial charge in [-0.05, 0) is 23.9 Å². The zero-order valence-electron chi connectivity index (χ0n) is 14.6. The molecule has 0 amide bonds. The molecule has 1 aliphatic rings. The summed E-state index contributed by atoms with van der Waals surface area (Å²) in [6, 6.07) is 10.5. The summed E-state index contributed by atoms with van der Waals surface area (Å²) in [5.74, 6) is -1.41. The molecule has 1 saturated heterocycles. The van der Waals surface area contributed by atoms with Gasteiger partial charge < -0.3 is 4.74 Å². The van der Waals surface area contributed by atoms with Crippen LogP contribution in [0.3, 0.4) is 0 Å². The lowest BCUT2D eigenvalue weighted by molar-refractivity contribution is -0.109. The SMILES string of the molecule is CC(=O)Sc1ncnn1C[C@]1(c2ccc(F)cc2F)O[C@@H]1c1ccccc1Cl. The van der Waals surface area contributed by atoms with E-state index in [1.165, 1.54) is 30.1 Å². The molecule has 5 nitrogen and oxygen atoms in total. The van der Waals surface area contributed by atoms with Gasteiger partial charge in [-0.3, -0.25) is 4.79 Å². The van der Waals surface area contributed by atoms with E-state index >= 15 is 0 Å². The third-order valence-electron chi connectivity index (χ3n) is 4.47. The van der Waals surface area contributed by atoms with Crippen molar-refractivity contribution in [2.45, 2.75) is 30.3 Å². The van der Waals surface area contributed by atoms with Gasteiger partial charge in [0.2, 0.25) is 0 Å². The number of ether oxygens (including phenoxy) is 1. The number of nitrogens with zero attached hydrogens (tertiary/aromatic N) is 3. The summed E-state index contributed by atoms with van der Waals surface area (Å²) in [5.41, 5.74) is -0.273. The number of carbonyl (C=O) groups is 1. The number of epoxide rings is 1. The van der Waals surface area contributed by atoms with Gasteiger partial charge in [-0.2, -0.15) is 5.10 Å². The maximum Gasteiger partial charge on any atom is 0.193 e. The van der Waals surface area contributed by atoms with Crippen LogP contribution in [0.4, 0.5) is 8.78 Å². The Morgan fingerprint density at radius 2 is 2.11 bits per heavy atom. The van der Waals surface area contributed by atoms with Crippen LogP contribution in [0, 0.1) is 11.6 Å². The fourth-order valence-corrected chi connectivity index (χ4v) is 4.02. The summed E-state index contributed by atoms with van der Waals surface area (Å²) in [7, 11) is 0. The van der Waals surface area contributed by atoms with E-state index in [0.717, 1.165) is 17.8 Å². The highest BCUT2D eigenvalue weighted by atomic mass is 35.5. The van der Waals surface area contributed by atoms with Gasteiger partial charge in [-0.25, -0.2) is 18.4 Å². The van der Waals surface area contributed by atoms with Crippen molar-refractivity contribution in [2.75, 3.05) is 0 Å². The molecule has 4 rings (SSSR count). The van der Waals surface area contributed by atoms with Gasteiger partial charge in [0.1, 0.15) is 29.7 Å². The van der Waals surface area contributed by atoms with E-state index in [9.17, 15) is 13.6 Å². The van der Waals surface area contributed by atoms with Crippen molar-refractivity contribution >= 4 is 28.5 Å². The minimum atomic E-state index is -1.15. The number of rotatable bonds is 5. The third kappa shape index (κ3) is 3.43. The molecule has 0 saturated carbocycles. The molecule has 0 spiro atoms. The molecule has 9 heteroatoms. The minimum Gasteiger partial charge on any atom is -0.354 e. The predicted molar refractivity (Wildman–Crippen MR) is 99.9 cm³/mol. The largest absolute Gasteiger partial charge is 0.354 e. The molecule has 2 heterocycles. The molecule has 2 aromatic carbocycles. The van der Waals surface area contributed by atoms with Crippen molar-refractivity contribution < 1.29 is 18.3 Å². The summed E-state index contributed by atoms with van der Waals surface area (Å²) >= 11 is 7.22. The van der Waals surface area contributed by atoms with E-state index in [-0.39, 0.29) is 17.2 Å². The molecular weight excluding hydrogens is 408 g/mol. The fraction of sp³-hybridized carbons (Fsp3) is 0.211. The van der Waals surface area contributed by atoms with Crippen LogP contribution in [0.1, 0.15) is 24.2 Å². The zero-order valence-corrected chi connectivity index (χ0v) is 16.2.